The molecule has 0 radical (unpaired) electrons. The number of hydrogen-bond donors (Lipinski definition) is 0. The standard InChI is InChI=1S/C14H12ClN3O2S/c1-7-12(13(15)19)8(2)18(17-7)14-16-10-5-4-9(20-3)6-11(10)21-14/h4-6H,1-3H3. The van der Waals surface area contributed by atoms with E-state index in [1.165, 1.54) is 11.3 Å². The number of halogens is 1. The first-order valence-corrected chi connectivity index (χ1v) is 7.41. The maximum Gasteiger partial charge on any atom is 0.256 e. The fraction of sp³-hybridized carbons (Fsp3) is 0.214. The van der Waals surface area contributed by atoms with Crippen LogP contribution in [0.25, 0.3) is 15.3 Å². The van der Waals surface area contributed by atoms with Crippen molar-refractivity contribution < 1.29 is 9.53 Å². The van der Waals surface area contributed by atoms with Crippen molar-refractivity contribution in [2.45, 2.75) is 13.8 Å². The molecule has 2 heterocycles. The lowest BCUT2D eigenvalue weighted by Crippen LogP contribution is -1.99. The van der Waals surface area contributed by atoms with Gasteiger partial charge in [-0.2, -0.15) is 5.10 Å². The van der Waals surface area contributed by atoms with Crippen molar-refractivity contribution in [2.75, 3.05) is 7.11 Å². The lowest BCUT2D eigenvalue weighted by atomic mass is 10.2. The zero-order valence-electron chi connectivity index (χ0n) is 11.7. The van der Waals surface area contributed by atoms with E-state index in [0.717, 1.165) is 16.0 Å². The highest BCUT2D eigenvalue weighted by atomic mass is 35.5. The number of ether oxygens (including phenoxy) is 1. The summed E-state index contributed by atoms with van der Waals surface area (Å²) in [6, 6.07) is 5.68. The van der Waals surface area contributed by atoms with E-state index in [4.69, 9.17) is 16.3 Å². The molecule has 0 unspecified atom stereocenters. The fourth-order valence-corrected chi connectivity index (χ4v) is 3.50. The van der Waals surface area contributed by atoms with Crippen LogP contribution in [-0.2, 0) is 0 Å². The van der Waals surface area contributed by atoms with Crippen molar-refractivity contribution in [3.05, 3.63) is 35.2 Å². The molecule has 2 aromatic heterocycles. The molecule has 0 bridgehead atoms. The number of benzene rings is 1. The van der Waals surface area contributed by atoms with E-state index in [9.17, 15) is 4.79 Å². The first-order chi connectivity index (χ1) is 10.0. The molecule has 0 amide bonds. The third-order valence-corrected chi connectivity index (χ3v) is 4.44. The molecule has 0 fully saturated rings. The molecule has 0 atom stereocenters. The van der Waals surface area contributed by atoms with Gasteiger partial charge in [0.25, 0.3) is 5.24 Å². The molecular weight excluding hydrogens is 310 g/mol. The normalized spacial score (nSPS) is 11.0. The Balaban J connectivity index is 2.17. The lowest BCUT2D eigenvalue weighted by Gasteiger charge is -1.98. The van der Waals surface area contributed by atoms with Crippen LogP contribution in [0.1, 0.15) is 21.7 Å². The summed E-state index contributed by atoms with van der Waals surface area (Å²) < 4.78 is 7.86. The Morgan fingerprint density at radius 3 is 2.76 bits per heavy atom. The maximum atomic E-state index is 11.5. The van der Waals surface area contributed by atoms with Gasteiger partial charge in [-0.1, -0.05) is 11.3 Å². The second-order valence-electron chi connectivity index (χ2n) is 4.56. The Morgan fingerprint density at radius 1 is 1.38 bits per heavy atom. The van der Waals surface area contributed by atoms with Crippen molar-refractivity contribution in [2.24, 2.45) is 0 Å². The lowest BCUT2D eigenvalue weighted by molar-refractivity contribution is 0.108. The smallest absolute Gasteiger partial charge is 0.256 e. The minimum Gasteiger partial charge on any atom is -0.497 e. The van der Waals surface area contributed by atoms with E-state index in [0.29, 0.717) is 22.1 Å². The first-order valence-electron chi connectivity index (χ1n) is 6.22. The van der Waals surface area contributed by atoms with Crippen molar-refractivity contribution in [3.63, 3.8) is 0 Å². The molecule has 21 heavy (non-hydrogen) atoms. The molecule has 0 spiro atoms. The highest BCUT2D eigenvalue weighted by Gasteiger charge is 2.19. The number of aryl methyl sites for hydroxylation is 1. The second kappa shape index (κ2) is 5.13. The van der Waals surface area contributed by atoms with Crippen LogP contribution in [0.2, 0.25) is 0 Å². The van der Waals surface area contributed by atoms with E-state index in [-0.39, 0.29) is 0 Å². The average molecular weight is 322 g/mol. The van der Waals surface area contributed by atoms with Gasteiger partial charge in [0, 0.05) is 0 Å². The monoisotopic (exact) mass is 321 g/mol. The highest BCUT2D eigenvalue weighted by molar-refractivity contribution is 7.20. The average Bonchev–Trinajstić information content (AvgIpc) is 2.98. The number of nitrogens with zero attached hydrogens (tertiary/aromatic N) is 3. The molecule has 0 saturated heterocycles. The van der Waals surface area contributed by atoms with Gasteiger partial charge in [0.2, 0.25) is 5.13 Å². The SMILES string of the molecule is COc1ccc2nc(-n3nc(C)c(C(=O)Cl)c3C)sc2c1. The summed E-state index contributed by atoms with van der Waals surface area (Å²) in [5.74, 6) is 0.780. The van der Waals surface area contributed by atoms with E-state index in [1.54, 1.807) is 18.7 Å². The van der Waals surface area contributed by atoms with Crippen molar-refractivity contribution in [1.82, 2.24) is 14.8 Å². The summed E-state index contributed by atoms with van der Waals surface area (Å²) in [6.07, 6.45) is 0. The van der Waals surface area contributed by atoms with Gasteiger partial charge in [0.05, 0.1) is 34.3 Å². The summed E-state index contributed by atoms with van der Waals surface area (Å²) in [5.41, 5.74) is 2.60. The predicted octanol–water partition coefficient (Wildman–Crippen LogP) is 3.49. The van der Waals surface area contributed by atoms with Crippen LogP contribution in [0, 0.1) is 13.8 Å². The largest absolute Gasteiger partial charge is 0.497 e. The van der Waals surface area contributed by atoms with Crippen LogP contribution in [0.4, 0.5) is 0 Å². The minimum absolute atomic E-state index is 0.438. The van der Waals surface area contributed by atoms with Gasteiger partial charge in [-0.3, -0.25) is 4.79 Å². The van der Waals surface area contributed by atoms with Crippen LogP contribution < -0.4 is 4.74 Å². The molecule has 0 saturated carbocycles. The number of hydrogen-bond acceptors (Lipinski definition) is 5. The second-order valence-corrected chi connectivity index (χ2v) is 5.91. The third-order valence-electron chi connectivity index (χ3n) is 3.25. The number of aromatic nitrogens is 3. The van der Waals surface area contributed by atoms with E-state index in [1.807, 2.05) is 25.1 Å². The molecule has 108 valence electrons. The number of carbonyl (C=O) groups excluding carboxylic acids is 1. The zero-order chi connectivity index (χ0) is 15.1. The van der Waals surface area contributed by atoms with Crippen LogP contribution in [0.3, 0.4) is 0 Å². The van der Waals surface area contributed by atoms with Gasteiger partial charge in [0.15, 0.2) is 0 Å². The summed E-state index contributed by atoms with van der Waals surface area (Å²) in [7, 11) is 1.63. The van der Waals surface area contributed by atoms with Crippen molar-refractivity contribution >= 4 is 38.4 Å². The first kappa shape index (κ1) is 14.0. The molecule has 0 aliphatic rings. The topological polar surface area (TPSA) is 57.0 Å². The number of methoxy groups -OCH3 is 1. The van der Waals surface area contributed by atoms with E-state index < -0.39 is 5.24 Å². The van der Waals surface area contributed by atoms with Crippen molar-refractivity contribution in [3.8, 4) is 10.9 Å². The number of rotatable bonds is 3. The number of carbonyl (C=O) groups is 1. The van der Waals surface area contributed by atoms with Crippen LogP contribution in [0.15, 0.2) is 18.2 Å². The van der Waals surface area contributed by atoms with Gasteiger partial charge < -0.3 is 4.74 Å². The molecule has 0 aliphatic carbocycles. The molecule has 0 aliphatic heterocycles. The Hall–Kier alpha value is -1.92. The van der Waals surface area contributed by atoms with Crippen LogP contribution >= 0.6 is 22.9 Å². The summed E-state index contributed by atoms with van der Waals surface area (Å²) >= 11 is 7.09. The van der Waals surface area contributed by atoms with Gasteiger partial charge >= 0.3 is 0 Å². The summed E-state index contributed by atoms with van der Waals surface area (Å²) in [6.45, 7) is 3.57. The van der Waals surface area contributed by atoms with Crippen molar-refractivity contribution in [1.29, 1.82) is 0 Å². The quantitative estimate of drug-likeness (QED) is 0.693. The summed E-state index contributed by atoms with van der Waals surface area (Å²) in [5, 5.41) is 4.56. The molecule has 5 nitrogen and oxygen atoms in total. The number of thiazole rings is 1. The Labute approximate surface area is 130 Å². The molecule has 3 aromatic rings. The van der Waals surface area contributed by atoms with Gasteiger partial charge in [0.1, 0.15) is 5.75 Å². The molecule has 3 rings (SSSR count). The Kier molecular flexibility index (Phi) is 3.43. The van der Waals surface area contributed by atoms with Crippen LogP contribution in [-0.4, -0.2) is 27.1 Å². The number of fused-ring (bicyclic) bond motifs is 1. The third kappa shape index (κ3) is 2.30. The minimum atomic E-state index is -0.501. The van der Waals surface area contributed by atoms with Gasteiger partial charge in [-0.15, -0.1) is 0 Å². The zero-order valence-corrected chi connectivity index (χ0v) is 13.2. The van der Waals surface area contributed by atoms with Gasteiger partial charge in [-0.05, 0) is 43.6 Å². The molecule has 0 N–H and O–H groups in total. The highest BCUT2D eigenvalue weighted by Crippen LogP contribution is 2.29. The Bertz CT molecular complexity index is 853. The van der Waals surface area contributed by atoms with Crippen LogP contribution in [0.5, 0.6) is 5.75 Å². The fourth-order valence-electron chi connectivity index (χ4n) is 2.22. The maximum absolute atomic E-state index is 11.5. The van der Waals surface area contributed by atoms with E-state index >= 15 is 0 Å². The predicted molar refractivity (Wildman–Crippen MR) is 83.0 cm³/mol. The Morgan fingerprint density at radius 2 is 2.14 bits per heavy atom. The molecular formula is C14H12ClN3O2S. The molecule has 7 heteroatoms. The molecule has 1 aromatic carbocycles. The van der Waals surface area contributed by atoms with Gasteiger partial charge in [-0.25, -0.2) is 9.67 Å². The van der Waals surface area contributed by atoms with E-state index in [2.05, 4.69) is 10.1 Å². The summed E-state index contributed by atoms with van der Waals surface area (Å²) in [4.78, 5) is 16.0.